The summed E-state index contributed by atoms with van der Waals surface area (Å²) in [6.45, 7) is 2.88. The van der Waals surface area contributed by atoms with Crippen molar-refractivity contribution in [1.29, 1.82) is 0 Å². The van der Waals surface area contributed by atoms with E-state index in [0.717, 1.165) is 23.0 Å². The molecule has 11 heavy (non-hydrogen) atoms. The van der Waals surface area contributed by atoms with Crippen molar-refractivity contribution in [1.82, 2.24) is 9.78 Å². The van der Waals surface area contributed by atoms with Gasteiger partial charge >= 0.3 is 0 Å². The Morgan fingerprint density at radius 1 is 1.82 bits per heavy atom. The van der Waals surface area contributed by atoms with Gasteiger partial charge in [-0.25, -0.2) is 0 Å². The molecule has 60 valence electrons. The Morgan fingerprint density at radius 3 is 3.09 bits per heavy atom. The van der Waals surface area contributed by atoms with E-state index in [9.17, 15) is 4.79 Å². The number of nitrogens with zero attached hydrogens (tertiary/aromatic N) is 2. The number of aryl methyl sites for hydroxylation is 1. The molecule has 4 heteroatoms. The molecule has 0 saturated carbocycles. The largest absolute Gasteiger partial charge is 0.296 e. The van der Waals surface area contributed by atoms with Gasteiger partial charge in [0, 0.05) is 12.6 Å². The third kappa shape index (κ3) is 2.02. The summed E-state index contributed by atoms with van der Waals surface area (Å²) in [4.78, 5) is 10.5. The van der Waals surface area contributed by atoms with E-state index < -0.39 is 0 Å². The first-order chi connectivity index (χ1) is 5.27. The van der Waals surface area contributed by atoms with Crippen LogP contribution in [0.2, 0.25) is 0 Å². The number of aromatic nitrogens is 2. The predicted octanol–water partition coefficient (Wildman–Crippen LogP) is 1.71. The van der Waals surface area contributed by atoms with Crippen molar-refractivity contribution in [2.24, 2.45) is 0 Å². The molecule has 0 spiro atoms. The molecule has 0 fully saturated rings. The van der Waals surface area contributed by atoms with Gasteiger partial charge in [-0.15, -0.1) is 0 Å². The summed E-state index contributed by atoms with van der Waals surface area (Å²) in [5.41, 5.74) is 0.663. The highest BCUT2D eigenvalue weighted by molar-refractivity contribution is 14.1. The molecule has 0 unspecified atom stereocenters. The van der Waals surface area contributed by atoms with Crippen LogP contribution >= 0.6 is 22.6 Å². The summed E-state index contributed by atoms with van der Waals surface area (Å²) < 4.78 is 2.60. The van der Waals surface area contributed by atoms with Gasteiger partial charge in [-0.2, -0.15) is 5.10 Å². The van der Waals surface area contributed by atoms with Gasteiger partial charge in [0.1, 0.15) is 9.39 Å². The van der Waals surface area contributed by atoms with Gasteiger partial charge in [0.05, 0.1) is 0 Å². The van der Waals surface area contributed by atoms with Crippen LogP contribution in [0.4, 0.5) is 0 Å². The fourth-order valence-electron chi connectivity index (χ4n) is 0.884. The Labute approximate surface area is 78.9 Å². The van der Waals surface area contributed by atoms with E-state index in [2.05, 4.69) is 34.6 Å². The van der Waals surface area contributed by atoms with E-state index in [4.69, 9.17) is 0 Å². The second-order valence-corrected chi connectivity index (χ2v) is 3.34. The van der Waals surface area contributed by atoms with Crippen LogP contribution in [0.3, 0.4) is 0 Å². The minimum Gasteiger partial charge on any atom is -0.296 e. The zero-order chi connectivity index (χ0) is 8.27. The first kappa shape index (κ1) is 8.70. The van der Waals surface area contributed by atoms with Crippen LogP contribution in [0.15, 0.2) is 6.07 Å². The molecule has 0 aliphatic rings. The van der Waals surface area contributed by atoms with E-state index in [-0.39, 0.29) is 0 Å². The maximum atomic E-state index is 10.5. The van der Waals surface area contributed by atoms with E-state index in [1.165, 1.54) is 0 Å². The highest BCUT2D eigenvalue weighted by Gasteiger charge is 2.02. The third-order valence-corrected chi connectivity index (χ3v) is 1.86. The third-order valence-electron chi connectivity index (χ3n) is 1.34. The lowest BCUT2D eigenvalue weighted by atomic mass is 10.4. The number of aldehydes is 1. The van der Waals surface area contributed by atoms with Crippen LogP contribution in [0.25, 0.3) is 0 Å². The lowest BCUT2D eigenvalue weighted by Crippen LogP contribution is -2.03. The highest BCUT2D eigenvalue weighted by atomic mass is 127. The van der Waals surface area contributed by atoms with Crippen molar-refractivity contribution in [3.8, 4) is 0 Å². The summed E-state index contributed by atoms with van der Waals surface area (Å²) in [6, 6.07) is 1.78. The number of hydrogen-bond acceptors (Lipinski definition) is 2. The Hall–Kier alpha value is -0.390. The minimum atomic E-state index is 0.663. The normalized spacial score (nSPS) is 10.0. The molecule has 0 aliphatic heterocycles. The maximum absolute atomic E-state index is 10.5. The number of carbonyl (C=O) groups excluding carboxylic acids is 1. The van der Waals surface area contributed by atoms with Gasteiger partial charge in [0.15, 0.2) is 6.29 Å². The molecule has 0 N–H and O–H groups in total. The molecule has 0 saturated heterocycles. The summed E-state index contributed by atoms with van der Waals surface area (Å²) in [5.74, 6) is 0. The minimum absolute atomic E-state index is 0.663. The number of halogens is 1. The highest BCUT2D eigenvalue weighted by Crippen LogP contribution is 2.05. The topological polar surface area (TPSA) is 34.9 Å². The lowest BCUT2D eigenvalue weighted by molar-refractivity contribution is 0.111. The van der Waals surface area contributed by atoms with Crippen LogP contribution < -0.4 is 0 Å². The standard InChI is InChI=1S/C7H9IN2O/c1-2-3-10-6(5-11)4-7(8)9-10/h4-5H,2-3H2,1H3. The molecule has 1 aromatic heterocycles. The first-order valence-corrected chi connectivity index (χ1v) is 4.54. The zero-order valence-electron chi connectivity index (χ0n) is 6.25. The average Bonchev–Trinajstić information content (AvgIpc) is 2.32. The van der Waals surface area contributed by atoms with Crippen molar-refractivity contribution in [2.75, 3.05) is 0 Å². The molecule has 1 aromatic rings. The molecule has 1 rings (SSSR count). The molecule has 0 bridgehead atoms. The van der Waals surface area contributed by atoms with E-state index in [1.807, 2.05) is 0 Å². The van der Waals surface area contributed by atoms with Crippen LogP contribution in [-0.4, -0.2) is 16.1 Å². The van der Waals surface area contributed by atoms with Crippen molar-refractivity contribution in [3.05, 3.63) is 15.5 Å². The molecule has 1 heterocycles. The Kier molecular flexibility index (Phi) is 3.04. The van der Waals surface area contributed by atoms with E-state index in [1.54, 1.807) is 10.7 Å². The van der Waals surface area contributed by atoms with Crippen molar-refractivity contribution in [3.63, 3.8) is 0 Å². The van der Waals surface area contributed by atoms with Crippen molar-refractivity contribution in [2.45, 2.75) is 19.9 Å². The molecule has 0 atom stereocenters. The average molecular weight is 264 g/mol. The van der Waals surface area contributed by atoms with E-state index in [0.29, 0.717) is 5.69 Å². The van der Waals surface area contributed by atoms with Crippen molar-refractivity contribution < 1.29 is 4.79 Å². The predicted molar refractivity (Wildman–Crippen MR) is 50.6 cm³/mol. The monoisotopic (exact) mass is 264 g/mol. The smallest absolute Gasteiger partial charge is 0.168 e. The van der Waals surface area contributed by atoms with E-state index >= 15 is 0 Å². The first-order valence-electron chi connectivity index (χ1n) is 3.46. The zero-order valence-corrected chi connectivity index (χ0v) is 8.41. The van der Waals surface area contributed by atoms with Gasteiger partial charge in [0.2, 0.25) is 0 Å². The summed E-state index contributed by atoms with van der Waals surface area (Å²) in [7, 11) is 0. The molecule has 3 nitrogen and oxygen atoms in total. The molecule has 0 radical (unpaired) electrons. The van der Waals surface area contributed by atoms with Crippen molar-refractivity contribution >= 4 is 28.9 Å². The molecule has 0 aliphatic carbocycles. The fraction of sp³-hybridized carbons (Fsp3) is 0.429. The van der Waals surface area contributed by atoms with Crippen LogP contribution in [0.1, 0.15) is 23.8 Å². The van der Waals surface area contributed by atoms with Gasteiger partial charge < -0.3 is 0 Å². The second-order valence-electron chi connectivity index (χ2n) is 2.23. The van der Waals surface area contributed by atoms with Gasteiger partial charge in [-0.1, -0.05) is 6.92 Å². The summed E-state index contributed by atoms with van der Waals surface area (Å²) in [6.07, 6.45) is 1.84. The van der Waals surface area contributed by atoms with Crippen LogP contribution in [-0.2, 0) is 6.54 Å². The van der Waals surface area contributed by atoms with Gasteiger partial charge in [0.25, 0.3) is 0 Å². The van der Waals surface area contributed by atoms with Crippen LogP contribution in [0.5, 0.6) is 0 Å². The molecular formula is C7H9IN2O. The maximum Gasteiger partial charge on any atom is 0.168 e. The Morgan fingerprint density at radius 2 is 2.55 bits per heavy atom. The Bertz CT molecular complexity index is 257. The number of hydrogen-bond donors (Lipinski definition) is 0. The fourth-order valence-corrected chi connectivity index (χ4v) is 1.46. The van der Waals surface area contributed by atoms with Crippen LogP contribution in [0, 0.1) is 3.70 Å². The molecule has 0 amide bonds. The quantitative estimate of drug-likeness (QED) is 0.615. The number of carbonyl (C=O) groups is 1. The van der Waals surface area contributed by atoms with Gasteiger partial charge in [-0.05, 0) is 29.0 Å². The molecular weight excluding hydrogens is 255 g/mol. The lowest BCUT2D eigenvalue weighted by Gasteiger charge is -1.97. The van der Waals surface area contributed by atoms with Gasteiger partial charge in [-0.3, -0.25) is 9.48 Å². The second kappa shape index (κ2) is 3.85. The Balaban J connectivity index is 2.92. The SMILES string of the molecule is CCCn1nc(I)cc1C=O. The number of rotatable bonds is 3. The summed E-state index contributed by atoms with van der Waals surface area (Å²) >= 11 is 2.10. The molecule has 0 aromatic carbocycles. The summed E-state index contributed by atoms with van der Waals surface area (Å²) in [5, 5.41) is 4.14.